The Morgan fingerprint density at radius 2 is 1.73 bits per heavy atom. The molecule has 3 unspecified atom stereocenters. The fraction of sp³-hybridized carbons (Fsp3) is 1.00. The number of nitrogens with one attached hydrogen (secondary N) is 1. The van der Waals surface area contributed by atoms with Gasteiger partial charge in [-0.1, -0.05) is 20.3 Å². The standard InChI is InChI=1S/C13H28N2/c1-5-11(2)10-15-8-6-12(3)14-13(4)7-9-15/h11-14H,5-10H2,1-4H3. The van der Waals surface area contributed by atoms with Crippen molar-refractivity contribution in [2.75, 3.05) is 19.6 Å². The molecule has 0 aromatic carbocycles. The van der Waals surface area contributed by atoms with Gasteiger partial charge in [-0.25, -0.2) is 0 Å². The maximum absolute atomic E-state index is 3.64. The van der Waals surface area contributed by atoms with E-state index in [4.69, 9.17) is 0 Å². The van der Waals surface area contributed by atoms with Crippen LogP contribution in [0.1, 0.15) is 47.0 Å². The average molecular weight is 212 g/mol. The topological polar surface area (TPSA) is 15.3 Å². The van der Waals surface area contributed by atoms with Crippen LogP contribution in [-0.4, -0.2) is 36.6 Å². The molecule has 1 fully saturated rings. The highest BCUT2D eigenvalue weighted by atomic mass is 15.1. The van der Waals surface area contributed by atoms with Crippen LogP contribution in [0.2, 0.25) is 0 Å². The van der Waals surface area contributed by atoms with Crippen LogP contribution in [0.3, 0.4) is 0 Å². The molecule has 1 aliphatic rings. The fourth-order valence-corrected chi connectivity index (χ4v) is 2.27. The molecular weight excluding hydrogens is 184 g/mol. The van der Waals surface area contributed by atoms with Gasteiger partial charge in [-0.15, -0.1) is 0 Å². The van der Waals surface area contributed by atoms with E-state index in [2.05, 4.69) is 37.9 Å². The summed E-state index contributed by atoms with van der Waals surface area (Å²) < 4.78 is 0. The zero-order valence-electron chi connectivity index (χ0n) is 10.9. The van der Waals surface area contributed by atoms with Crippen LogP contribution >= 0.6 is 0 Å². The Bertz CT molecular complexity index is 158. The van der Waals surface area contributed by atoms with E-state index in [0.717, 1.165) is 5.92 Å². The van der Waals surface area contributed by atoms with Crippen LogP contribution < -0.4 is 5.32 Å². The second kappa shape index (κ2) is 6.49. The first-order valence-corrected chi connectivity index (χ1v) is 6.60. The predicted octanol–water partition coefficient (Wildman–Crippen LogP) is 2.49. The maximum Gasteiger partial charge on any atom is 0.00533 e. The van der Waals surface area contributed by atoms with E-state index in [-0.39, 0.29) is 0 Å². The molecule has 0 radical (unpaired) electrons. The lowest BCUT2D eigenvalue weighted by atomic mass is 10.1. The fourth-order valence-electron chi connectivity index (χ4n) is 2.27. The average Bonchev–Trinajstić information content (AvgIpc) is 2.19. The summed E-state index contributed by atoms with van der Waals surface area (Å²) in [6.07, 6.45) is 3.89. The summed E-state index contributed by atoms with van der Waals surface area (Å²) in [6.45, 7) is 13.1. The van der Waals surface area contributed by atoms with Gasteiger partial charge in [0.15, 0.2) is 0 Å². The molecule has 1 N–H and O–H groups in total. The molecular formula is C13H28N2. The minimum Gasteiger partial charge on any atom is -0.312 e. The van der Waals surface area contributed by atoms with Crippen LogP contribution in [-0.2, 0) is 0 Å². The quantitative estimate of drug-likeness (QED) is 0.773. The molecule has 2 heteroatoms. The van der Waals surface area contributed by atoms with Crippen LogP contribution in [0.4, 0.5) is 0 Å². The normalized spacial score (nSPS) is 32.0. The van der Waals surface area contributed by atoms with Gasteiger partial charge >= 0.3 is 0 Å². The second-order valence-electron chi connectivity index (χ2n) is 5.36. The molecule has 0 aromatic heterocycles. The molecule has 1 saturated heterocycles. The molecule has 3 atom stereocenters. The van der Waals surface area contributed by atoms with Gasteiger partial charge in [0.25, 0.3) is 0 Å². The lowest BCUT2D eigenvalue weighted by Gasteiger charge is -2.32. The molecule has 90 valence electrons. The second-order valence-corrected chi connectivity index (χ2v) is 5.36. The van der Waals surface area contributed by atoms with Gasteiger partial charge in [0, 0.05) is 18.6 Å². The predicted molar refractivity (Wildman–Crippen MR) is 67.2 cm³/mol. The van der Waals surface area contributed by atoms with E-state index >= 15 is 0 Å². The molecule has 1 heterocycles. The van der Waals surface area contributed by atoms with Crippen molar-refractivity contribution in [1.29, 1.82) is 0 Å². The molecule has 15 heavy (non-hydrogen) atoms. The van der Waals surface area contributed by atoms with E-state index in [1.807, 2.05) is 0 Å². The number of nitrogens with zero attached hydrogens (tertiary/aromatic N) is 1. The summed E-state index contributed by atoms with van der Waals surface area (Å²) in [4.78, 5) is 2.65. The van der Waals surface area contributed by atoms with Gasteiger partial charge < -0.3 is 10.2 Å². The largest absolute Gasteiger partial charge is 0.312 e. The highest BCUT2D eigenvalue weighted by molar-refractivity contribution is 4.75. The van der Waals surface area contributed by atoms with Crippen molar-refractivity contribution in [2.45, 2.75) is 59.0 Å². The zero-order chi connectivity index (χ0) is 11.3. The SMILES string of the molecule is CCC(C)CN1CCC(C)NC(C)CC1. The molecule has 0 amide bonds. The Labute approximate surface area is 95.4 Å². The number of hydrogen-bond acceptors (Lipinski definition) is 2. The first-order valence-electron chi connectivity index (χ1n) is 6.60. The van der Waals surface area contributed by atoms with E-state index in [1.165, 1.54) is 38.9 Å². The molecule has 0 aromatic rings. The van der Waals surface area contributed by atoms with Gasteiger partial charge in [-0.2, -0.15) is 0 Å². The van der Waals surface area contributed by atoms with Crippen LogP contribution in [0, 0.1) is 5.92 Å². The van der Waals surface area contributed by atoms with E-state index in [1.54, 1.807) is 0 Å². The maximum atomic E-state index is 3.64. The minimum atomic E-state index is 0.680. The van der Waals surface area contributed by atoms with E-state index in [9.17, 15) is 0 Å². The Hall–Kier alpha value is -0.0800. The van der Waals surface area contributed by atoms with Crippen LogP contribution in [0.5, 0.6) is 0 Å². The van der Waals surface area contributed by atoms with Crippen molar-refractivity contribution in [2.24, 2.45) is 5.92 Å². The van der Waals surface area contributed by atoms with Crippen molar-refractivity contribution in [3.8, 4) is 0 Å². The van der Waals surface area contributed by atoms with Crippen molar-refractivity contribution in [1.82, 2.24) is 10.2 Å². The Morgan fingerprint density at radius 3 is 2.20 bits per heavy atom. The smallest absolute Gasteiger partial charge is 0.00533 e. The summed E-state index contributed by atoms with van der Waals surface area (Å²) in [6, 6.07) is 1.36. The van der Waals surface area contributed by atoms with Crippen molar-refractivity contribution in [3.63, 3.8) is 0 Å². The molecule has 0 saturated carbocycles. The zero-order valence-corrected chi connectivity index (χ0v) is 10.9. The highest BCUT2D eigenvalue weighted by Crippen LogP contribution is 2.10. The summed E-state index contributed by atoms with van der Waals surface area (Å²) >= 11 is 0. The van der Waals surface area contributed by atoms with Gasteiger partial charge in [0.1, 0.15) is 0 Å². The summed E-state index contributed by atoms with van der Waals surface area (Å²) in [5, 5.41) is 3.64. The van der Waals surface area contributed by atoms with E-state index in [0.29, 0.717) is 12.1 Å². The third-order valence-corrected chi connectivity index (χ3v) is 3.59. The first kappa shape index (κ1) is 13.0. The number of hydrogen-bond donors (Lipinski definition) is 1. The summed E-state index contributed by atoms with van der Waals surface area (Å²) in [5.41, 5.74) is 0. The Kier molecular flexibility index (Phi) is 5.62. The van der Waals surface area contributed by atoms with Crippen LogP contribution in [0.15, 0.2) is 0 Å². The summed E-state index contributed by atoms with van der Waals surface area (Å²) in [7, 11) is 0. The van der Waals surface area contributed by atoms with Crippen LogP contribution in [0.25, 0.3) is 0 Å². The monoisotopic (exact) mass is 212 g/mol. The molecule has 1 rings (SSSR count). The van der Waals surface area contributed by atoms with Gasteiger partial charge in [0.05, 0.1) is 0 Å². The first-order chi connectivity index (χ1) is 7.11. The van der Waals surface area contributed by atoms with Crippen molar-refractivity contribution >= 4 is 0 Å². The molecule has 2 nitrogen and oxygen atoms in total. The third-order valence-electron chi connectivity index (χ3n) is 3.59. The van der Waals surface area contributed by atoms with Crippen molar-refractivity contribution in [3.05, 3.63) is 0 Å². The van der Waals surface area contributed by atoms with Gasteiger partial charge in [0.2, 0.25) is 0 Å². The van der Waals surface area contributed by atoms with Gasteiger partial charge in [-0.3, -0.25) is 0 Å². The Morgan fingerprint density at radius 1 is 1.20 bits per heavy atom. The number of rotatable bonds is 3. The van der Waals surface area contributed by atoms with Crippen molar-refractivity contribution < 1.29 is 0 Å². The minimum absolute atomic E-state index is 0.680. The molecule has 0 aliphatic carbocycles. The third kappa shape index (κ3) is 4.98. The highest BCUT2D eigenvalue weighted by Gasteiger charge is 2.16. The molecule has 1 aliphatic heterocycles. The van der Waals surface area contributed by atoms with Gasteiger partial charge in [-0.05, 0) is 45.7 Å². The Balaban J connectivity index is 2.37. The summed E-state index contributed by atoms with van der Waals surface area (Å²) in [5.74, 6) is 0.850. The lowest BCUT2D eigenvalue weighted by molar-refractivity contribution is 0.194. The lowest BCUT2D eigenvalue weighted by Crippen LogP contribution is -2.43. The molecule has 0 bridgehead atoms. The van der Waals surface area contributed by atoms with E-state index < -0.39 is 0 Å². The molecule has 0 spiro atoms.